The van der Waals surface area contributed by atoms with Gasteiger partial charge in [0, 0.05) is 39.1 Å². The summed E-state index contributed by atoms with van der Waals surface area (Å²) in [4.78, 5) is 15.6. The van der Waals surface area contributed by atoms with Crippen LogP contribution in [0.2, 0.25) is 0 Å². The van der Waals surface area contributed by atoms with Gasteiger partial charge in [0.15, 0.2) is 0 Å². The summed E-state index contributed by atoms with van der Waals surface area (Å²) in [5, 5.41) is 0. The molecule has 0 bridgehead atoms. The normalized spacial score (nSPS) is 19.3. The van der Waals surface area contributed by atoms with Gasteiger partial charge in [0.25, 0.3) is 0 Å². The van der Waals surface area contributed by atoms with Gasteiger partial charge in [-0.2, -0.15) is 0 Å². The van der Waals surface area contributed by atoms with Crippen molar-refractivity contribution >= 4 is 5.91 Å². The second kappa shape index (κ2) is 7.00. The Hall–Kier alpha value is -1.46. The fourth-order valence-corrected chi connectivity index (χ4v) is 2.93. The number of nitrogens with two attached hydrogens (primary N) is 1. The van der Waals surface area contributed by atoms with Crippen LogP contribution in [0, 0.1) is 5.82 Å². The fraction of sp³-hybridized carbons (Fsp3) is 0.562. The van der Waals surface area contributed by atoms with Crippen molar-refractivity contribution in [1.82, 2.24) is 9.80 Å². The molecule has 0 aromatic heterocycles. The first-order valence-corrected chi connectivity index (χ1v) is 7.53. The van der Waals surface area contributed by atoms with E-state index in [-0.39, 0.29) is 23.8 Å². The van der Waals surface area contributed by atoms with Crippen molar-refractivity contribution in [2.75, 3.05) is 26.2 Å². The summed E-state index contributed by atoms with van der Waals surface area (Å²) in [6.07, 6.45) is 0.856. The van der Waals surface area contributed by atoms with Gasteiger partial charge in [-0.05, 0) is 24.1 Å². The van der Waals surface area contributed by atoms with Crippen LogP contribution in [0.1, 0.15) is 31.9 Å². The molecule has 4 nitrogen and oxygen atoms in total. The minimum Gasteiger partial charge on any atom is -0.340 e. The molecule has 2 rings (SSSR count). The summed E-state index contributed by atoms with van der Waals surface area (Å²) < 4.78 is 13.1. The van der Waals surface area contributed by atoms with Gasteiger partial charge in [-0.25, -0.2) is 4.39 Å². The van der Waals surface area contributed by atoms with Crippen LogP contribution in [0.3, 0.4) is 0 Å². The lowest BCUT2D eigenvalue weighted by Gasteiger charge is -2.41. The standard InChI is InChI=1S/C16H24FN3O/c1-3-15(18)16(13-4-6-14(17)7-5-13)20-10-8-19(9-11-20)12(2)21/h4-7,15-16H,3,8-11,18H2,1-2H3. The average Bonchev–Trinajstić information content (AvgIpc) is 2.49. The summed E-state index contributed by atoms with van der Waals surface area (Å²) in [6.45, 7) is 6.72. The number of carbonyl (C=O) groups is 1. The lowest BCUT2D eigenvalue weighted by Crippen LogP contribution is -2.52. The summed E-state index contributed by atoms with van der Waals surface area (Å²) in [7, 11) is 0. The molecule has 21 heavy (non-hydrogen) atoms. The van der Waals surface area contributed by atoms with Crippen molar-refractivity contribution in [3.8, 4) is 0 Å². The fourth-order valence-electron chi connectivity index (χ4n) is 2.93. The van der Waals surface area contributed by atoms with Gasteiger partial charge in [-0.3, -0.25) is 9.69 Å². The van der Waals surface area contributed by atoms with E-state index < -0.39 is 0 Å². The molecule has 1 aromatic rings. The van der Waals surface area contributed by atoms with Gasteiger partial charge < -0.3 is 10.6 Å². The lowest BCUT2D eigenvalue weighted by molar-refractivity contribution is -0.130. The summed E-state index contributed by atoms with van der Waals surface area (Å²) in [5.41, 5.74) is 7.34. The van der Waals surface area contributed by atoms with Crippen molar-refractivity contribution < 1.29 is 9.18 Å². The number of halogens is 1. The highest BCUT2D eigenvalue weighted by Gasteiger charge is 2.29. The van der Waals surface area contributed by atoms with E-state index in [9.17, 15) is 9.18 Å². The molecule has 1 fully saturated rings. The van der Waals surface area contributed by atoms with Gasteiger partial charge in [0.2, 0.25) is 5.91 Å². The molecule has 0 aliphatic carbocycles. The highest BCUT2D eigenvalue weighted by atomic mass is 19.1. The molecule has 1 amide bonds. The monoisotopic (exact) mass is 293 g/mol. The van der Waals surface area contributed by atoms with Gasteiger partial charge in [0.1, 0.15) is 5.82 Å². The largest absolute Gasteiger partial charge is 0.340 e. The number of hydrogen-bond donors (Lipinski definition) is 1. The minimum atomic E-state index is -0.232. The zero-order valence-electron chi connectivity index (χ0n) is 12.8. The number of hydrogen-bond acceptors (Lipinski definition) is 3. The third kappa shape index (κ3) is 3.80. The van der Waals surface area contributed by atoms with Gasteiger partial charge >= 0.3 is 0 Å². The van der Waals surface area contributed by atoms with Gasteiger partial charge in [-0.1, -0.05) is 19.1 Å². The molecular weight excluding hydrogens is 269 g/mol. The van der Waals surface area contributed by atoms with E-state index in [4.69, 9.17) is 5.73 Å². The summed E-state index contributed by atoms with van der Waals surface area (Å²) in [5.74, 6) is -0.114. The van der Waals surface area contributed by atoms with Crippen molar-refractivity contribution in [1.29, 1.82) is 0 Å². The molecule has 1 aliphatic rings. The SMILES string of the molecule is CCC(N)C(c1ccc(F)cc1)N1CCN(C(C)=O)CC1. The van der Waals surface area contributed by atoms with Crippen molar-refractivity contribution in [2.45, 2.75) is 32.4 Å². The Morgan fingerprint density at radius 3 is 2.29 bits per heavy atom. The maximum absolute atomic E-state index is 13.1. The first-order valence-electron chi connectivity index (χ1n) is 7.53. The molecule has 116 valence electrons. The van der Waals surface area contributed by atoms with E-state index in [2.05, 4.69) is 11.8 Å². The molecule has 1 aromatic carbocycles. The van der Waals surface area contributed by atoms with E-state index in [0.29, 0.717) is 0 Å². The molecule has 1 heterocycles. The highest BCUT2D eigenvalue weighted by Crippen LogP contribution is 2.26. The first-order chi connectivity index (χ1) is 10.0. The predicted octanol–water partition coefficient (Wildman–Crippen LogP) is 1.77. The first kappa shape index (κ1) is 15.9. The summed E-state index contributed by atoms with van der Waals surface area (Å²) >= 11 is 0. The van der Waals surface area contributed by atoms with E-state index >= 15 is 0 Å². The van der Waals surface area contributed by atoms with Crippen LogP contribution in [0.4, 0.5) is 4.39 Å². The van der Waals surface area contributed by atoms with Crippen LogP contribution in [-0.4, -0.2) is 47.9 Å². The highest BCUT2D eigenvalue weighted by molar-refractivity contribution is 5.73. The van der Waals surface area contributed by atoms with Crippen LogP contribution >= 0.6 is 0 Å². The maximum atomic E-state index is 13.1. The molecule has 2 unspecified atom stereocenters. The molecule has 0 radical (unpaired) electrons. The van der Waals surface area contributed by atoms with Crippen LogP contribution in [0.15, 0.2) is 24.3 Å². The van der Waals surface area contributed by atoms with Gasteiger partial charge in [-0.15, -0.1) is 0 Å². The van der Waals surface area contributed by atoms with E-state index in [0.717, 1.165) is 38.2 Å². The Morgan fingerprint density at radius 2 is 1.81 bits per heavy atom. The van der Waals surface area contributed by atoms with E-state index in [1.165, 1.54) is 12.1 Å². The molecule has 2 atom stereocenters. The third-order valence-electron chi connectivity index (χ3n) is 4.24. The van der Waals surface area contributed by atoms with Gasteiger partial charge in [0.05, 0.1) is 6.04 Å². The number of carbonyl (C=O) groups excluding carboxylic acids is 1. The van der Waals surface area contributed by atoms with E-state index in [1.54, 1.807) is 6.92 Å². The molecule has 0 spiro atoms. The van der Waals surface area contributed by atoms with Crippen LogP contribution in [-0.2, 0) is 4.79 Å². The number of benzene rings is 1. The predicted molar refractivity (Wildman–Crippen MR) is 81.2 cm³/mol. The van der Waals surface area contributed by atoms with Crippen LogP contribution in [0.5, 0.6) is 0 Å². The smallest absolute Gasteiger partial charge is 0.219 e. The zero-order chi connectivity index (χ0) is 15.4. The zero-order valence-corrected chi connectivity index (χ0v) is 12.8. The summed E-state index contributed by atoms with van der Waals surface area (Å²) in [6, 6.07) is 6.66. The van der Waals surface area contributed by atoms with Crippen molar-refractivity contribution in [3.05, 3.63) is 35.6 Å². The Bertz CT molecular complexity index is 469. The van der Waals surface area contributed by atoms with Crippen molar-refractivity contribution in [3.63, 3.8) is 0 Å². The molecule has 1 aliphatic heterocycles. The quantitative estimate of drug-likeness (QED) is 0.920. The Morgan fingerprint density at radius 1 is 1.24 bits per heavy atom. The Balaban J connectivity index is 2.14. The molecule has 5 heteroatoms. The average molecular weight is 293 g/mol. The topological polar surface area (TPSA) is 49.6 Å². The van der Waals surface area contributed by atoms with E-state index in [1.807, 2.05) is 17.0 Å². The lowest BCUT2D eigenvalue weighted by atomic mass is 9.95. The number of nitrogens with zero attached hydrogens (tertiary/aromatic N) is 2. The maximum Gasteiger partial charge on any atom is 0.219 e. The Labute approximate surface area is 125 Å². The van der Waals surface area contributed by atoms with Crippen molar-refractivity contribution in [2.24, 2.45) is 5.73 Å². The number of amides is 1. The molecule has 2 N–H and O–H groups in total. The minimum absolute atomic E-state index is 0.000612. The number of rotatable bonds is 4. The molecule has 0 saturated carbocycles. The Kier molecular flexibility index (Phi) is 5.31. The molecular formula is C16H24FN3O. The second-order valence-corrected chi connectivity index (χ2v) is 5.61. The second-order valence-electron chi connectivity index (χ2n) is 5.61. The van der Waals surface area contributed by atoms with Crippen LogP contribution < -0.4 is 5.73 Å². The molecule has 1 saturated heterocycles. The third-order valence-corrected chi connectivity index (χ3v) is 4.24. The number of piperazine rings is 1. The van der Waals surface area contributed by atoms with Crippen LogP contribution in [0.25, 0.3) is 0 Å².